The number of nitrogens with one attached hydrogen (secondary N) is 2. The summed E-state index contributed by atoms with van der Waals surface area (Å²) < 4.78 is 32.3. The molecule has 0 aliphatic carbocycles. The molecule has 0 radical (unpaired) electrons. The molecule has 2 amide bonds. The van der Waals surface area contributed by atoms with Gasteiger partial charge in [0.25, 0.3) is 10.1 Å². The molecular weight excluding hydrogens is 512 g/mol. The van der Waals surface area contributed by atoms with E-state index in [-0.39, 0.29) is 6.54 Å². The molecule has 1 unspecified atom stereocenters. The molecule has 3 aromatic carbocycles. The normalized spacial score (nSPS) is 11.8. The largest absolute Gasteiger partial charge is 0.347 e. The predicted molar refractivity (Wildman–Crippen MR) is 160 cm³/mol. The van der Waals surface area contributed by atoms with Gasteiger partial charge >= 0.3 is 6.03 Å². The number of aryl methyl sites for hydroxylation is 1. The zero-order chi connectivity index (χ0) is 28.6. The van der Waals surface area contributed by atoms with Crippen LogP contribution in [0.4, 0.5) is 21.9 Å². The van der Waals surface area contributed by atoms with Crippen molar-refractivity contribution in [3.63, 3.8) is 0 Å². The monoisotopic (exact) mass is 548 g/mol. The third-order valence-electron chi connectivity index (χ3n) is 6.48. The van der Waals surface area contributed by atoms with E-state index in [1.807, 2.05) is 59.3 Å². The van der Waals surface area contributed by atoms with Crippen LogP contribution in [-0.4, -0.2) is 39.1 Å². The molecule has 0 saturated heterocycles. The number of carbonyl (C=O) groups excluding carboxylic acids is 1. The third kappa shape index (κ3) is 8.20. The van der Waals surface area contributed by atoms with Crippen LogP contribution in [0.3, 0.4) is 0 Å². The van der Waals surface area contributed by atoms with Gasteiger partial charge in [0, 0.05) is 35.5 Å². The summed E-state index contributed by atoms with van der Waals surface area (Å²) >= 11 is 0. The lowest BCUT2D eigenvalue weighted by Gasteiger charge is -2.32. The molecule has 0 spiro atoms. The number of carbonyl (C=O) groups is 1. The Hall–Kier alpha value is -4.08. The third-order valence-corrected chi connectivity index (χ3v) is 7.65. The molecule has 3 N–H and O–H groups in total. The Labute approximate surface area is 231 Å². The molecule has 0 saturated carbocycles. The van der Waals surface area contributed by atoms with E-state index in [9.17, 15) is 17.8 Å². The van der Waals surface area contributed by atoms with E-state index in [1.54, 1.807) is 18.2 Å². The summed E-state index contributed by atoms with van der Waals surface area (Å²) in [7, 11) is -2.29. The summed E-state index contributed by atoms with van der Waals surface area (Å²) in [6.07, 6.45) is 0.884. The van der Waals surface area contributed by atoms with Crippen LogP contribution in [0.25, 0.3) is 0 Å². The highest BCUT2D eigenvalue weighted by Crippen LogP contribution is 2.25. The standard InChI is InChI=1S/C30H36N4O4S/c1-6-25-12-10-17-29(18-25)34(21-23(3)33(5)28-15-8-7-9-16-28)22(2)20-31-30(35)32-27-14-11-13-26(19-27)24(4)39(36,37)38/h7-19,24H,2-3,6,20-21H2,1,4-5H3,(H2,31,32,35)(H,36,37,38). The van der Waals surface area contributed by atoms with E-state index in [2.05, 4.69) is 42.8 Å². The Bertz CT molecular complexity index is 1420. The molecule has 0 heterocycles. The van der Waals surface area contributed by atoms with Crippen molar-refractivity contribution in [2.24, 2.45) is 0 Å². The SMILES string of the molecule is C=C(CN(C(=C)CNC(=O)Nc1cccc(C(C)S(=O)(=O)O)c1)c1cccc(CC)c1)N(C)c1ccccc1. The Balaban J connectivity index is 1.72. The number of hydrogen-bond donors (Lipinski definition) is 3. The highest BCUT2D eigenvalue weighted by atomic mass is 32.2. The Morgan fingerprint density at radius 1 is 0.949 bits per heavy atom. The van der Waals surface area contributed by atoms with Crippen LogP contribution in [0, 0.1) is 0 Å². The molecule has 3 aromatic rings. The highest BCUT2D eigenvalue weighted by Gasteiger charge is 2.20. The van der Waals surface area contributed by atoms with E-state index in [0.29, 0.717) is 23.5 Å². The quantitative estimate of drug-likeness (QED) is 0.240. The molecule has 0 aromatic heterocycles. The van der Waals surface area contributed by atoms with Crippen molar-refractivity contribution in [1.82, 2.24) is 5.32 Å². The van der Waals surface area contributed by atoms with E-state index in [1.165, 1.54) is 18.6 Å². The van der Waals surface area contributed by atoms with E-state index < -0.39 is 21.4 Å². The Morgan fingerprint density at radius 3 is 2.28 bits per heavy atom. The Morgan fingerprint density at radius 2 is 1.62 bits per heavy atom. The maximum Gasteiger partial charge on any atom is 0.319 e. The van der Waals surface area contributed by atoms with Gasteiger partial charge < -0.3 is 20.4 Å². The first kappa shape index (κ1) is 29.5. The summed E-state index contributed by atoms with van der Waals surface area (Å²) in [4.78, 5) is 16.7. The zero-order valence-electron chi connectivity index (χ0n) is 22.6. The van der Waals surface area contributed by atoms with Gasteiger partial charge in [-0.15, -0.1) is 0 Å². The van der Waals surface area contributed by atoms with E-state index in [0.717, 1.165) is 23.5 Å². The lowest BCUT2D eigenvalue weighted by molar-refractivity contribution is 0.253. The Kier molecular flexibility index (Phi) is 9.92. The smallest absolute Gasteiger partial charge is 0.319 e. The lowest BCUT2D eigenvalue weighted by atomic mass is 10.1. The maximum absolute atomic E-state index is 12.7. The number of rotatable bonds is 12. The topological polar surface area (TPSA) is 102 Å². The van der Waals surface area contributed by atoms with E-state index in [4.69, 9.17) is 0 Å². The summed E-state index contributed by atoms with van der Waals surface area (Å²) in [5, 5.41) is 4.42. The number of anilines is 3. The minimum atomic E-state index is -4.25. The van der Waals surface area contributed by atoms with Crippen molar-refractivity contribution >= 4 is 33.2 Å². The van der Waals surface area contributed by atoms with Crippen molar-refractivity contribution in [1.29, 1.82) is 0 Å². The highest BCUT2D eigenvalue weighted by molar-refractivity contribution is 7.86. The molecule has 206 valence electrons. The average Bonchev–Trinajstić information content (AvgIpc) is 2.93. The van der Waals surface area contributed by atoms with Crippen LogP contribution in [-0.2, 0) is 16.5 Å². The average molecular weight is 549 g/mol. The molecular formula is C30H36N4O4S. The fraction of sp³-hybridized carbons (Fsp3) is 0.233. The fourth-order valence-electron chi connectivity index (χ4n) is 3.95. The number of likely N-dealkylation sites (N-methyl/N-ethyl adjacent to an activating group) is 1. The van der Waals surface area contributed by atoms with Gasteiger partial charge in [0.2, 0.25) is 0 Å². The lowest BCUT2D eigenvalue weighted by Crippen LogP contribution is -2.37. The van der Waals surface area contributed by atoms with Crippen LogP contribution in [0.1, 0.15) is 30.2 Å². The minimum Gasteiger partial charge on any atom is -0.347 e. The minimum absolute atomic E-state index is 0.158. The maximum atomic E-state index is 12.7. The van der Waals surface area contributed by atoms with Crippen LogP contribution in [0.2, 0.25) is 0 Å². The van der Waals surface area contributed by atoms with Crippen molar-refractivity contribution in [2.45, 2.75) is 25.5 Å². The van der Waals surface area contributed by atoms with E-state index >= 15 is 0 Å². The van der Waals surface area contributed by atoms with Crippen LogP contribution in [0.15, 0.2) is 103 Å². The predicted octanol–water partition coefficient (Wildman–Crippen LogP) is 5.99. The molecule has 3 rings (SSSR count). The van der Waals surface area contributed by atoms with Crippen molar-refractivity contribution in [3.05, 3.63) is 115 Å². The summed E-state index contributed by atoms with van der Waals surface area (Å²) in [5.74, 6) is 0. The van der Waals surface area contributed by atoms with Gasteiger partial charge in [0.05, 0.1) is 13.1 Å². The van der Waals surface area contributed by atoms with Crippen LogP contribution in [0.5, 0.6) is 0 Å². The number of hydrogen-bond acceptors (Lipinski definition) is 5. The number of amides is 2. The number of urea groups is 1. The van der Waals surface area contributed by atoms with Gasteiger partial charge in [-0.2, -0.15) is 8.42 Å². The summed E-state index contributed by atoms with van der Waals surface area (Å²) in [6, 6.07) is 24.0. The number of nitrogens with zero attached hydrogens (tertiary/aromatic N) is 2. The van der Waals surface area contributed by atoms with Gasteiger partial charge in [-0.3, -0.25) is 4.55 Å². The van der Waals surface area contributed by atoms with Crippen LogP contribution < -0.4 is 20.4 Å². The first-order valence-corrected chi connectivity index (χ1v) is 14.1. The molecule has 8 nitrogen and oxygen atoms in total. The van der Waals surface area contributed by atoms with Crippen molar-refractivity contribution < 1.29 is 17.8 Å². The molecule has 0 fully saturated rings. The zero-order valence-corrected chi connectivity index (χ0v) is 23.4. The van der Waals surface area contributed by atoms with Gasteiger partial charge in [-0.05, 0) is 60.9 Å². The second-order valence-corrected chi connectivity index (χ2v) is 11.0. The van der Waals surface area contributed by atoms with Gasteiger partial charge in [0.15, 0.2) is 0 Å². The van der Waals surface area contributed by atoms with Crippen LogP contribution >= 0.6 is 0 Å². The molecule has 39 heavy (non-hydrogen) atoms. The summed E-state index contributed by atoms with van der Waals surface area (Å²) in [6.45, 7) is 12.6. The number of benzene rings is 3. The van der Waals surface area contributed by atoms with Gasteiger partial charge in [-0.1, -0.05) is 62.5 Å². The first-order chi connectivity index (χ1) is 18.5. The molecule has 1 atom stereocenters. The van der Waals surface area contributed by atoms with Gasteiger partial charge in [-0.25, -0.2) is 4.79 Å². The second-order valence-electron chi connectivity index (χ2n) is 9.23. The van der Waals surface area contributed by atoms with Crippen molar-refractivity contribution in [2.75, 3.05) is 35.3 Å². The fourth-order valence-corrected chi connectivity index (χ4v) is 4.44. The van der Waals surface area contributed by atoms with Crippen molar-refractivity contribution in [3.8, 4) is 0 Å². The molecule has 0 aliphatic rings. The number of para-hydroxylation sites is 1. The molecule has 0 aliphatic heterocycles. The molecule has 9 heteroatoms. The summed E-state index contributed by atoms with van der Waals surface area (Å²) in [5.41, 5.74) is 5.40. The first-order valence-electron chi connectivity index (χ1n) is 12.6. The van der Waals surface area contributed by atoms with Gasteiger partial charge in [0.1, 0.15) is 5.25 Å². The second kappa shape index (κ2) is 13.1. The molecule has 0 bridgehead atoms.